The molecular formula is C8H12N2OS. The summed E-state index contributed by atoms with van der Waals surface area (Å²) < 4.78 is 5.12. The summed E-state index contributed by atoms with van der Waals surface area (Å²) in [7, 11) is 0. The zero-order valence-corrected chi connectivity index (χ0v) is 7.63. The monoisotopic (exact) mass is 184 g/mol. The van der Waals surface area contributed by atoms with Crippen molar-refractivity contribution in [3.05, 3.63) is 18.0 Å². The first-order valence-electron chi connectivity index (χ1n) is 4.17. The summed E-state index contributed by atoms with van der Waals surface area (Å²) in [6.45, 7) is 2.00. The molecule has 0 bridgehead atoms. The van der Waals surface area contributed by atoms with Gasteiger partial charge < -0.3 is 9.84 Å². The van der Waals surface area contributed by atoms with Crippen LogP contribution in [0.4, 0.5) is 0 Å². The number of hydrogen-bond donors (Lipinski definition) is 2. The van der Waals surface area contributed by atoms with E-state index in [1.54, 1.807) is 6.20 Å². The fourth-order valence-electron chi connectivity index (χ4n) is 1.59. The Morgan fingerprint density at radius 1 is 1.67 bits per heavy atom. The van der Waals surface area contributed by atoms with Crippen molar-refractivity contribution < 1.29 is 4.52 Å². The lowest BCUT2D eigenvalue weighted by atomic mass is 9.95. The van der Waals surface area contributed by atoms with E-state index in [-0.39, 0.29) is 0 Å². The molecule has 4 heteroatoms. The van der Waals surface area contributed by atoms with Crippen molar-refractivity contribution >= 4 is 12.6 Å². The molecule has 12 heavy (non-hydrogen) atoms. The molecule has 1 N–H and O–H groups in total. The first-order chi connectivity index (χ1) is 5.88. The molecule has 0 amide bonds. The normalized spacial score (nSPS) is 30.4. The molecule has 0 saturated carbocycles. The first-order valence-corrected chi connectivity index (χ1v) is 4.69. The van der Waals surface area contributed by atoms with Gasteiger partial charge >= 0.3 is 0 Å². The highest BCUT2D eigenvalue weighted by molar-refractivity contribution is 7.81. The summed E-state index contributed by atoms with van der Waals surface area (Å²) in [6, 6.07) is 1.93. The van der Waals surface area contributed by atoms with Gasteiger partial charge in [-0.1, -0.05) is 5.16 Å². The van der Waals surface area contributed by atoms with Crippen molar-refractivity contribution in [1.29, 1.82) is 0 Å². The number of rotatable bonds is 1. The molecule has 0 radical (unpaired) electrons. The molecule has 1 aromatic heterocycles. The number of hydrogen-bond acceptors (Lipinski definition) is 4. The van der Waals surface area contributed by atoms with Crippen LogP contribution in [0.25, 0.3) is 0 Å². The highest BCUT2D eigenvalue weighted by Crippen LogP contribution is 2.28. The molecule has 1 aliphatic rings. The molecule has 2 unspecified atom stereocenters. The summed E-state index contributed by atoms with van der Waals surface area (Å²) in [5.74, 6) is 1.40. The van der Waals surface area contributed by atoms with Crippen LogP contribution in [0.3, 0.4) is 0 Å². The van der Waals surface area contributed by atoms with Crippen molar-refractivity contribution in [2.75, 3.05) is 13.1 Å². The molecule has 2 heterocycles. The minimum atomic E-state index is 0.353. The quantitative estimate of drug-likeness (QED) is 0.641. The van der Waals surface area contributed by atoms with Crippen molar-refractivity contribution in [2.45, 2.75) is 17.6 Å². The Bertz CT molecular complexity index is 237. The van der Waals surface area contributed by atoms with Crippen LogP contribution < -0.4 is 5.32 Å². The number of aromatic nitrogens is 1. The fourth-order valence-corrected chi connectivity index (χ4v) is 2.02. The van der Waals surface area contributed by atoms with Crippen LogP contribution in [-0.2, 0) is 0 Å². The van der Waals surface area contributed by atoms with E-state index in [2.05, 4.69) is 23.1 Å². The number of thiol groups is 1. The van der Waals surface area contributed by atoms with Gasteiger partial charge in [0.1, 0.15) is 5.76 Å². The van der Waals surface area contributed by atoms with E-state index in [1.165, 1.54) is 0 Å². The van der Waals surface area contributed by atoms with Crippen molar-refractivity contribution in [1.82, 2.24) is 10.5 Å². The lowest BCUT2D eigenvalue weighted by Gasteiger charge is -2.26. The average molecular weight is 184 g/mol. The molecule has 0 aliphatic carbocycles. The second-order valence-corrected chi connectivity index (χ2v) is 3.74. The maximum absolute atomic E-state index is 5.12. The zero-order chi connectivity index (χ0) is 8.39. The van der Waals surface area contributed by atoms with Crippen molar-refractivity contribution in [2.24, 2.45) is 0 Å². The predicted molar refractivity (Wildman–Crippen MR) is 49.5 cm³/mol. The molecule has 2 rings (SSSR count). The van der Waals surface area contributed by atoms with Gasteiger partial charge in [-0.3, -0.25) is 0 Å². The second-order valence-electron chi connectivity index (χ2n) is 3.08. The molecule has 0 aromatic carbocycles. The van der Waals surface area contributed by atoms with Crippen LogP contribution in [0, 0.1) is 0 Å². The van der Waals surface area contributed by atoms with Gasteiger partial charge in [-0.2, -0.15) is 12.6 Å². The maximum Gasteiger partial charge on any atom is 0.140 e. The van der Waals surface area contributed by atoms with Gasteiger partial charge in [0.25, 0.3) is 0 Å². The van der Waals surface area contributed by atoms with Crippen LogP contribution in [0.15, 0.2) is 16.8 Å². The van der Waals surface area contributed by atoms with Crippen molar-refractivity contribution in [3.63, 3.8) is 0 Å². The predicted octanol–water partition coefficient (Wildman–Crippen LogP) is 1.05. The summed E-state index contributed by atoms with van der Waals surface area (Å²) in [6.07, 6.45) is 2.78. The molecule has 3 nitrogen and oxygen atoms in total. The summed E-state index contributed by atoms with van der Waals surface area (Å²) in [5, 5.41) is 7.34. The molecule has 1 aromatic rings. The first kappa shape index (κ1) is 8.13. The second kappa shape index (κ2) is 3.49. The summed E-state index contributed by atoms with van der Waals surface area (Å²) >= 11 is 4.49. The van der Waals surface area contributed by atoms with Crippen LogP contribution in [0.2, 0.25) is 0 Å². The van der Waals surface area contributed by atoms with Crippen LogP contribution >= 0.6 is 12.6 Å². The third-order valence-corrected chi connectivity index (χ3v) is 2.82. The molecule has 1 saturated heterocycles. The summed E-state index contributed by atoms with van der Waals surface area (Å²) in [5.41, 5.74) is 0. The van der Waals surface area contributed by atoms with E-state index >= 15 is 0 Å². The Hall–Kier alpha value is -0.480. The lowest BCUT2D eigenvalue weighted by molar-refractivity contribution is 0.332. The third kappa shape index (κ3) is 1.49. The number of nitrogens with zero attached hydrogens (tertiary/aromatic N) is 1. The van der Waals surface area contributed by atoms with Crippen LogP contribution in [0.1, 0.15) is 18.1 Å². The Balaban J connectivity index is 2.11. The van der Waals surface area contributed by atoms with E-state index in [0.717, 1.165) is 25.3 Å². The standard InChI is InChI=1S/C8H12N2OS/c12-8-5-9-3-1-6(8)7-2-4-10-11-7/h2,4,6,8-9,12H,1,3,5H2. The Morgan fingerprint density at radius 3 is 3.25 bits per heavy atom. The van der Waals surface area contributed by atoms with Gasteiger partial charge in [0.2, 0.25) is 0 Å². The molecule has 66 valence electrons. The largest absolute Gasteiger partial charge is 0.361 e. The van der Waals surface area contributed by atoms with E-state index in [1.807, 2.05) is 6.07 Å². The van der Waals surface area contributed by atoms with E-state index in [4.69, 9.17) is 4.52 Å². The molecule has 1 aliphatic heterocycles. The van der Waals surface area contributed by atoms with Gasteiger partial charge in [-0.05, 0) is 13.0 Å². The number of piperidine rings is 1. The molecule has 2 atom stereocenters. The summed E-state index contributed by atoms with van der Waals surface area (Å²) in [4.78, 5) is 0. The fraction of sp³-hybridized carbons (Fsp3) is 0.625. The highest BCUT2D eigenvalue weighted by Gasteiger charge is 2.25. The van der Waals surface area contributed by atoms with Gasteiger partial charge in [0.05, 0.1) is 6.20 Å². The SMILES string of the molecule is SC1CNCCC1c1ccno1. The van der Waals surface area contributed by atoms with Gasteiger partial charge in [-0.25, -0.2) is 0 Å². The lowest BCUT2D eigenvalue weighted by Crippen LogP contribution is -2.36. The van der Waals surface area contributed by atoms with Crippen LogP contribution in [0.5, 0.6) is 0 Å². The average Bonchev–Trinajstić information content (AvgIpc) is 2.57. The highest BCUT2D eigenvalue weighted by atomic mass is 32.1. The molecular weight excluding hydrogens is 172 g/mol. The third-order valence-electron chi connectivity index (χ3n) is 2.27. The molecule has 1 fully saturated rings. The Morgan fingerprint density at radius 2 is 2.58 bits per heavy atom. The molecule has 0 spiro atoms. The van der Waals surface area contributed by atoms with Gasteiger partial charge in [0, 0.05) is 23.8 Å². The zero-order valence-electron chi connectivity index (χ0n) is 6.73. The Kier molecular flexibility index (Phi) is 2.37. The van der Waals surface area contributed by atoms with Gasteiger partial charge in [0.15, 0.2) is 0 Å². The number of nitrogens with one attached hydrogen (secondary N) is 1. The minimum Gasteiger partial charge on any atom is -0.361 e. The van der Waals surface area contributed by atoms with E-state index < -0.39 is 0 Å². The topological polar surface area (TPSA) is 38.1 Å². The van der Waals surface area contributed by atoms with Gasteiger partial charge in [-0.15, -0.1) is 0 Å². The van der Waals surface area contributed by atoms with E-state index in [0.29, 0.717) is 11.2 Å². The Labute approximate surface area is 76.9 Å². The van der Waals surface area contributed by atoms with Crippen LogP contribution in [-0.4, -0.2) is 23.5 Å². The smallest absolute Gasteiger partial charge is 0.140 e. The van der Waals surface area contributed by atoms with Crippen molar-refractivity contribution in [3.8, 4) is 0 Å². The minimum absolute atomic E-state index is 0.353. The maximum atomic E-state index is 5.12. The van der Waals surface area contributed by atoms with E-state index in [9.17, 15) is 0 Å².